The monoisotopic (exact) mass is 540 g/mol. The normalized spacial score (nSPS) is 10.9. The second-order valence-corrected chi connectivity index (χ2v) is 8.18. The van der Waals surface area contributed by atoms with E-state index in [4.69, 9.17) is 23.4 Å². The molecule has 0 unspecified atom stereocenters. The Bertz CT molecular complexity index is 1320. The van der Waals surface area contributed by atoms with Gasteiger partial charge >= 0.3 is 0 Å². The molecule has 11 heteroatoms. The maximum absolute atomic E-state index is 13.3. The van der Waals surface area contributed by atoms with Crippen LogP contribution in [0.5, 0.6) is 23.0 Å². The lowest BCUT2D eigenvalue weighted by molar-refractivity contribution is -0.858. The number of benzene rings is 2. The maximum Gasteiger partial charge on any atom is 0.205 e. The second-order valence-electron chi connectivity index (χ2n) is 8.18. The molecular formula is C28H30NO10-. The second kappa shape index (κ2) is 14.8. The minimum Gasteiger partial charge on any atom is -0.545 e. The molecule has 208 valence electrons. The summed E-state index contributed by atoms with van der Waals surface area (Å²) in [6, 6.07) is 9.16. The van der Waals surface area contributed by atoms with Gasteiger partial charge in [-0.3, -0.25) is 4.79 Å². The van der Waals surface area contributed by atoms with E-state index in [2.05, 4.69) is 0 Å². The van der Waals surface area contributed by atoms with Crippen LogP contribution in [0.25, 0.3) is 17.0 Å². The van der Waals surface area contributed by atoms with Crippen LogP contribution in [-0.4, -0.2) is 66.3 Å². The molecule has 0 amide bonds. The average molecular weight is 541 g/mol. The number of carbonyl (C=O) groups is 3. The standard InChI is InChI=1S/C24H27NO6.C4H4O4/c1-25(2)13-15-31-23-20(19(26)11-8-16-6-9-17(27-3)10-7-16)21(28-4)18-12-14-30-22(18)24(23)29-5;5-3(6)1-2-4(7)8/h6-12,14H,13,15H2,1-5H3;1-2H,(H,5,6)(H,7,8)/p-1/b11-8+;2-1-. The number of aliphatic carboxylic acids is 2. The van der Waals surface area contributed by atoms with Crippen LogP contribution in [0, 0.1) is 0 Å². The van der Waals surface area contributed by atoms with Crippen molar-refractivity contribution in [2.45, 2.75) is 0 Å². The van der Waals surface area contributed by atoms with Crippen LogP contribution in [-0.2, 0) is 9.59 Å². The van der Waals surface area contributed by atoms with Gasteiger partial charge in [0.15, 0.2) is 17.1 Å². The first-order chi connectivity index (χ1) is 18.6. The fourth-order valence-electron chi connectivity index (χ4n) is 3.34. The molecule has 3 rings (SSSR count). The summed E-state index contributed by atoms with van der Waals surface area (Å²) in [5.41, 5.74) is 1.64. The zero-order valence-electron chi connectivity index (χ0n) is 22.3. The fourth-order valence-corrected chi connectivity index (χ4v) is 3.34. The van der Waals surface area contributed by atoms with Crippen molar-refractivity contribution in [3.8, 4) is 23.0 Å². The molecule has 0 aliphatic rings. The number of quaternary nitrogens is 1. The number of methoxy groups -OCH3 is 3. The first-order valence-electron chi connectivity index (χ1n) is 11.7. The van der Waals surface area contributed by atoms with Crippen molar-refractivity contribution >= 4 is 34.8 Å². The number of carbonyl (C=O) groups excluding carboxylic acids is 3. The SMILES string of the molecule is COc1ccc(/C=C/C(=O)c2c(OCC[NH+](C)C)c(OC)c3occc3c2OC)cc1.O=C([O-])/C=C\C(=O)[O-]. The van der Waals surface area contributed by atoms with E-state index in [1.807, 2.05) is 38.4 Å². The minimum atomic E-state index is -1.55. The van der Waals surface area contributed by atoms with Gasteiger partial charge in [-0.05, 0) is 42.0 Å². The van der Waals surface area contributed by atoms with Crippen molar-refractivity contribution in [2.24, 2.45) is 0 Å². The molecule has 0 radical (unpaired) electrons. The Hall–Kier alpha value is -4.77. The Kier molecular flexibility index (Phi) is 11.6. The van der Waals surface area contributed by atoms with E-state index >= 15 is 0 Å². The summed E-state index contributed by atoms with van der Waals surface area (Å²) < 4.78 is 28.0. The third-order valence-electron chi connectivity index (χ3n) is 5.18. The number of fused-ring (bicyclic) bond motifs is 1. The first kappa shape index (κ1) is 30.5. The number of allylic oxidation sites excluding steroid dienone is 1. The summed E-state index contributed by atoms with van der Waals surface area (Å²) in [5.74, 6) is -1.53. The van der Waals surface area contributed by atoms with Crippen LogP contribution >= 0.6 is 0 Å². The number of furan rings is 1. The number of rotatable bonds is 12. The van der Waals surface area contributed by atoms with Gasteiger partial charge in [-0.1, -0.05) is 18.2 Å². The van der Waals surface area contributed by atoms with Gasteiger partial charge in [0.05, 0.1) is 59.0 Å². The third kappa shape index (κ3) is 8.64. The van der Waals surface area contributed by atoms with Crippen molar-refractivity contribution in [1.29, 1.82) is 0 Å². The van der Waals surface area contributed by atoms with E-state index in [0.29, 0.717) is 52.5 Å². The predicted octanol–water partition coefficient (Wildman–Crippen LogP) is -0.0796. The van der Waals surface area contributed by atoms with Gasteiger partial charge in [0.25, 0.3) is 0 Å². The van der Waals surface area contributed by atoms with Crippen LogP contribution in [0.2, 0.25) is 0 Å². The highest BCUT2D eigenvalue weighted by molar-refractivity contribution is 6.15. The van der Waals surface area contributed by atoms with Gasteiger partial charge in [0.2, 0.25) is 5.75 Å². The molecular weight excluding hydrogens is 510 g/mol. The smallest absolute Gasteiger partial charge is 0.205 e. The van der Waals surface area contributed by atoms with Crippen molar-refractivity contribution in [1.82, 2.24) is 0 Å². The Morgan fingerprint density at radius 2 is 1.46 bits per heavy atom. The molecule has 2 aromatic carbocycles. The number of carboxylic acids is 2. The summed E-state index contributed by atoms with van der Waals surface area (Å²) in [5, 5.41) is 19.5. The minimum absolute atomic E-state index is 0.263. The molecule has 1 aromatic heterocycles. The fraction of sp³-hybridized carbons (Fsp3) is 0.250. The largest absolute Gasteiger partial charge is 0.545 e. The number of likely N-dealkylation sites (N-methyl/N-ethyl adjacent to an activating group) is 1. The Labute approximate surface area is 225 Å². The first-order valence-corrected chi connectivity index (χ1v) is 11.7. The van der Waals surface area contributed by atoms with Crippen LogP contribution in [0.15, 0.2) is 59.2 Å². The molecule has 0 bridgehead atoms. The number of nitrogens with one attached hydrogen (secondary N) is 1. The molecule has 0 saturated carbocycles. The summed E-state index contributed by atoms with van der Waals surface area (Å²) in [6.07, 6.45) is 5.53. The summed E-state index contributed by atoms with van der Waals surface area (Å²) in [6.45, 7) is 1.15. The zero-order chi connectivity index (χ0) is 28.9. The van der Waals surface area contributed by atoms with Crippen LogP contribution < -0.4 is 34.1 Å². The molecule has 0 aliphatic carbocycles. The van der Waals surface area contributed by atoms with Gasteiger partial charge < -0.3 is 48.1 Å². The number of hydrogen-bond donors (Lipinski definition) is 1. The van der Waals surface area contributed by atoms with E-state index in [0.717, 1.165) is 17.9 Å². The van der Waals surface area contributed by atoms with Gasteiger partial charge in [-0.2, -0.15) is 0 Å². The molecule has 0 spiro atoms. The maximum atomic E-state index is 13.3. The van der Waals surface area contributed by atoms with E-state index in [1.54, 1.807) is 19.3 Å². The molecule has 11 nitrogen and oxygen atoms in total. The van der Waals surface area contributed by atoms with Crippen LogP contribution in [0.3, 0.4) is 0 Å². The highest BCUT2D eigenvalue weighted by Crippen LogP contribution is 2.46. The number of ether oxygens (including phenoxy) is 4. The van der Waals surface area contributed by atoms with E-state index < -0.39 is 11.9 Å². The van der Waals surface area contributed by atoms with Crippen molar-refractivity contribution in [2.75, 3.05) is 48.6 Å². The van der Waals surface area contributed by atoms with Crippen molar-refractivity contribution < 1.29 is 52.9 Å². The highest BCUT2D eigenvalue weighted by atomic mass is 16.5. The van der Waals surface area contributed by atoms with Gasteiger partial charge in [0.1, 0.15) is 30.2 Å². The van der Waals surface area contributed by atoms with Crippen molar-refractivity contribution in [3.05, 3.63) is 65.9 Å². The van der Waals surface area contributed by atoms with E-state index in [-0.39, 0.29) is 5.78 Å². The lowest BCUT2D eigenvalue weighted by Gasteiger charge is -2.18. The van der Waals surface area contributed by atoms with Gasteiger partial charge in [-0.15, -0.1) is 0 Å². The lowest BCUT2D eigenvalue weighted by atomic mass is 10.0. The number of ketones is 1. The third-order valence-corrected chi connectivity index (χ3v) is 5.18. The average Bonchev–Trinajstić information content (AvgIpc) is 3.39. The number of hydrogen-bond acceptors (Lipinski definition) is 10. The van der Waals surface area contributed by atoms with Crippen LogP contribution in [0.1, 0.15) is 15.9 Å². The van der Waals surface area contributed by atoms with Gasteiger partial charge in [0, 0.05) is 0 Å². The molecule has 3 aromatic rings. The molecule has 0 atom stereocenters. The molecule has 0 aliphatic heterocycles. The van der Waals surface area contributed by atoms with Gasteiger partial charge in [-0.25, -0.2) is 0 Å². The Morgan fingerprint density at radius 3 is 1.97 bits per heavy atom. The van der Waals surface area contributed by atoms with Crippen molar-refractivity contribution in [3.63, 3.8) is 0 Å². The molecule has 0 fully saturated rings. The summed E-state index contributed by atoms with van der Waals surface area (Å²) >= 11 is 0. The summed E-state index contributed by atoms with van der Waals surface area (Å²) in [7, 11) is 8.71. The van der Waals surface area contributed by atoms with E-state index in [9.17, 15) is 24.6 Å². The molecule has 1 heterocycles. The molecule has 1 N–H and O–H groups in total. The Morgan fingerprint density at radius 1 is 0.846 bits per heavy atom. The highest BCUT2D eigenvalue weighted by Gasteiger charge is 2.28. The topological polar surface area (TPSA) is 152 Å². The summed E-state index contributed by atoms with van der Waals surface area (Å²) in [4.78, 5) is 33.4. The number of carboxylic acid groups (broad SMARTS) is 2. The van der Waals surface area contributed by atoms with Crippen LogP contribution in [0.4, 0.5) is 0 Å². The zero-order valence-corrected chi connectivity index (χ0v) is 22.3. The van der Waals surface area contributed by atoms with E-state index in [1.165, 1.54) is 31.5 Å². The Balaban J connectivity index is 0.000000580. The lowest BCUT2D eigenvalue weighted by Crippen LogP contribution is -3.06. The quantitative estimate of drug-likeness (QED) is 0.244. The predicted molar refractivity (Wildman–Crippen MR) is 138 cm³/mol. The molecule has 0 saturated heterocycles. The molecule has 39 heavy (non-hydrogen) atoms.